The highest BCUT2D eigenvalue weighted by Gasteiger charge is 2.28. The van der Waals surface area contributed by atoms with Gasteiger partial charge in [0.05, 0.1) is 12.7 Å². The zero-order valence-electron chi connectivity index (χ0n) is 9.90. The average Bonchev–Trinajstić information content (AvgIpc) is 3.14. The van der Waals surface area contributed by atoms with Crippen LogP contribution in [0.5, 0.6) is 5.88 Å². The second kappa shape index (κ2) is 4.57. The summed E-state index contributed by atoms with van der Waals surface area (Å²) in [6, 6.07) is 0. The zero-order chi connectivity index (χ0) is 12.4. The van der Waals surface area contributed by atoms with E-state index in [9.17, 15) is 4.79 Å². The number of carbonyl (C=O) groups is 1. The predicted octanol–water partition coefficient (Wildman–Crippen LogP) is 0.796. The Hall–Kier alpha value is -1.85. The molecule has 0 aliphatic heterocycles. The van der Waals surface area contributed by atoms with E-state index in [2.05, 4.69) is 14.7 Å². The van der Waals surface area contributed by atoms with Crippen LogP contribution in [0.25, 0.3) is 0 Å². The van der Waals surface area contributed by atoms with E-state index < -0.39 is 5.97 Å². The van der Waals surface area contributed by atoms with Crippen molar-refractivity contribution in [3.8, 4) is 5.88 Å². The summed E-state index contributed by atoms with van der Waals surface area (Å²) < 4.78 is 9.78. The molecule has 0 atom stereocenters. The van der Waals surface area contributed by atoms with Crippen molar-refractivity contribution in [2.75, 3.05) is 19.5 Å². The molecule has 6 nitrogen and oxygen atoms in total. The van der Waals surface area contributed by atoms with Crippen LogP contribution in [0.2, 0.25) is 0 Å². The maximum absolute atomic E-state index is 11.0. The monoisotopic (exact) mass is 237 g/mol. The Kier molecular flexibility index (Phi) is 3.12. The molecule has 6 heteroatoms. The lowest BCUT2D eigenvalue weighted by molar-refractivity contribution is -0.143. The Bertz CT molecular complexity index is 444. The van der Waals surface area contributed by atoms with Crippen LogP contribution in [0.3, 0.4) is 0 Å². The van der Waals surface area contributed by atoms with Crippen molar-refractivity contribution >= 4 is 11.8 Å². The van der Waals surface area contributed by atoms with Gasteiger partial charge in [-0.2, -0.15) is 4.98 Å². The fraction of sp³-hybridized carbons (Fsp3) is 0.545. The highest BCUT2D eigenvalue weighted by atomic mass is 16.6. The molecule has 0 amide bonds. The minimum absolute atomic E-state index is 0.169. The normalized spacial score (nSPS) is 14.5. The van der Waals surface area contributed by atoms with Gasteiger partial charge in [0.1, 0.15) is 11.6 Å². The van der Waals surface area contributed by atoms with Gasteiger partial charge in [-0.15, -0.1) is 0 Å². The number of esters is 1. The first-order chi connectivity index (χ1) is 8.11. The summed E-state index contributed by atoms with van der Waals surface area (Å²) >= 11 is 0. The van der Waals surface area contributed by atoms with Gasteiger partial charge < -0.3 is 15.2 Å². The smallest absolute Gasteiger partial charge is 0.343 e. The van der Waals surface area contributed by atoms with E-state index in [1.54, 1.807) is 6.92 Å². The van der Waals surface area contributed by atoms with Crippen molar-refractivity contribution in [2.45, 2.75) is 25.7 Å². The van der Waals surface area contributed by atoms with Crippen LogP contribution < -0.4 is 10.5 Å². The third-order valence-electron chi connectivity index (χ3n) is 2.65. The zero-order valence-corrected chi connectivity index (χ0v) is 9.90. The number of methoxy groups -OCH3 is 1. The van der Waals surface area contributed by atoms with Gasteiger partial charge in [-0.1, -0.05) is 0 Å². The van der Waals surface area contributed by atoms with Crippen LogP contribution >= 0.6 is 0 Å². The molecule has 17 heavy (non-hydrogen) atoms. The number of hydrogen-bond donors (Lipinski definition) is 1. The number of carbonyl (C=O) groups excluding carboxylic acids is 1. The summed E-state index contributed by atoms with van der Waals surface area (Å²) in [7, 11) is 1.31. The van der Waals surface area contributed by atoms with Gasteiger partial charge in [0.2, 0.25) is 5.88 Å². The van der Waals surface area contributed by atoms with Gasteiger partial charge in [-0.05, 0) is 19.8 Å². The van der Waals surface area contributed by atoms with Crippen LogP contribution in [0, 0.1) is 6.92 Å². The van der Waals surface area contributed by atoms with E-state index in [1.807, 2.05) is 0 Å². The van der Waals surface area contributed by atoms with Crippen molar-refractivity contribution in [3.05, 3.63) is 11.4 Å². The lowest BCUT2D eigenvalue weighted by Gasteiger charge is -2.10. The van der Waals surface area contributed by atoms with Crippen molar-refractivity contribution in [3.63, 3.8) is 0 Å². The molecule has 0 bridgehead atoms. The summed E-state index contributed by atoms with van der Waals surface area (Å²) in [5.74, 6) is 1.41. The minimum atomic E-state index is -0.449. The third-order valence-corrected chi connectivity index (χ3v) is 2.65. The highest BCUT2D eigenvalue weighted by Crippen LogP contribution is 2.39. The Morgan fingerprint density at radius 3 is 2.76 bits per heavy atom. The number of anilines is 1. The maximum atomic E-state index is 11.0. The first kappa shape index (κ1) is 11.6. The Morgan fingerprint density at radius 1 is 1.47 bits per heavy atom. The molecular weight excluding hydrogens is 222 g/mol. The Balaban J connectivity index is 2.16. The number of aromatic nitrogens is 2. The summed E-state index contributed by atoms with van der Waals surface area (Å²) in [6.07, 6.45) is 2.16. The van der Waals surface area contributed by atoms with E-state index in [1.165, 1.54) is 7.11 Å². The van der Waals surface area contributed by atoms with E-state index >= 15 is 0 Å². The van der Waals surface area contributed by atoms with Crippen molar-refractivity contribution in [2.24, 2.45) is 0 Å². The van der Waals surface area contributed by atoms with Crippen molar-refractivity contribution < 1.29 is 14.3 Å². The second-order valence-corrected chi connectivity index (χ2v) is 4.04. The van der Waals surface area contributed by atoms with Crippen molar-refractivity contribution in [1.29, 1.82) is 0 Å². The summed E-state index contributed by atoms with van der Waals surface area (Å²) in [6.45, 7) is 1.59. The second-order valence-electron chi connectivity index (χ2n) is 4.04. The van der Waals surface area contributed by atoms with E-state index in [0.717, 1.165) is 12.8 Å². The maximum Gasteiger partial charge on any atom is 0.343 e. The first-order valence-electron chi connectivity index (χ1n) is 5.45. The topological polar surface area (TPSA) is 87.3 Å². The number of nitrogens with two attached hydrogens (primary N) is 1. The molecule has 1 heterocycles. The number of nitrogen functional groups attached to an aromatic ring is 1. The molecule has 0 unspecified atom stereocenters. The molecule has 2 rings (SSSR count). The predicted molar refractivity (Wildman–Crippen MR) is 60.7 cm³/mol. The van der Waals surface area contributed by atoms with Crippen LogP contribution in [-0.4, -0.2) is 29.7 Å². The van der Waals surface area contributed by atoms with Crippen molar-refractivity contribution in [1.82, 2.24) is 9.97 Å². The van der Waals surface area contributed by atoms with Gasteiger partial charge >= 0.3 is 5.97 Å². The molecule has 0 radical (unpaired) electrons. The SMILES string of the molecule is COC(=O)COc1nc(C2CC2)nc(N)c1C. The van der Waals surface area contributed by atoms with E-state index in [4.69, 9.17) is 10.5 Å². The molecule has 2 N–H and O–H groups in total. The molecule has 1 aromatic heterocycles. The number of nitrogens with zero attached hydrogens (tertiary/aromatic N) is 2. The van der Waals surface area contributed by atoms with E-state index in [0.29, 0.717) is 29.0 Å². The average molecular weight is 237 g/mol. The first-order valence-corrected chi connectivity index (χ1v) is 5.45. The minimum Gasteiger partial charge on any atom is -0.466 e. The standard InChI is InChI=1S/C11H15N3O3/c1-6-9(12)13-10(7-3-4-7)14-11(6)17-5-8(15)16-2/h7H,3-5H2,1-2H3,(H2,12,13,14). The largest absolute Gasteiger partial charge is 0.466 e. The number of rotatable bonds is 4. The lowest BCUT2D eigenvalue weighted by atomic mass is 10.3. The molecule has 0 aromatic carbocycles. The highest BCUT2D eigenvalue weighted by molar-refractivity contribution is 5.70. The van der Waals surface area contributed by atoms with Gasteiger partial charge in [0.15, 0.2) is 6.61 Å². The quantitative estimate of drug-likeness (QED) is 0.779. The molecule has 1 aromatic rings. The number of ether oxygens (including phenoxy) is 2. The molecule has 1 aliphatic carbocycles. The molecule has 0 spiro atoms. The van der Waals surface area contributed by atoms with Gasteiger partial charge in [-0.3, -0.25) is 0 Å². The molecule has 0 saturated heterocycles. The lowest BCUT2D eigenvalue weighted by Crippen LogP contribution is -2.15. The van der Waals surface area contributed by atoms with E-state index in [-0.39, 0.29) is 6.61 Å². The van der Waals surface area contributed by atoms with Crippen LogP contribution in [0.1, 0.15) is 30.1 Å². The molecule has 1 saturated carbocycles. The summed E-state index contributed by atoms with van der Waals surface area (Å²) in [5, 5.41) is 0. The summed E-state index contributed by atoms with van der Waals surface area (Å²) in [5.41, 5.74) is 6.43. The Labute approximate surface area is 99.1 Å². The third kappa shape index (κ3) is 2.64. The van der Waals surface area contributed by atoms with Gasteiger partial charge in [-0.25, -0.2) is 9.78 Å². The molecular formula is C11H15N3O3. The summed E-state index contributed by atoms with van der Waals surface area (Å²) in [4.78, 5) is 19.5. The Morgan fingerprint density at radius 2 is 2.18 bits per heavy atom. The fourth-order valence-corrected chi connectivity index (χ4v) is 1.38. The van der Waals surface area contributed by atoms with Gasteiger partial charge in [0, 0.05) is 5.92 Å². The van der Waals surface area contributed by atoms with Crippen LogP contribution in [0.15, 0.2) is 0 Å². The van der Waals surface area contributed by atoms with Crippen LogP contribution in [0.4, 0.5) is 5.82 Å². The van der Waals surface area contributed by atoms with Gasteiger partial charge in [0.25, 0.3) is 0 Å². The van der Waals surface area contributed by atoms with Crippen LogP contribution in [-0.2, 0) is 9.53 Å². The molecule has 1 fully saturated rings. The number of hydrogen-bond acceptors (Lipinski definition) is 6. The molecule has 1 aliphatic rings. The fourth-order valence-electron chi connectivity index (χ4n) is 1.38. The molecule has 92 valence electrons.